The second kappa shape index (κ2) is 4.14. The van der Waals surface area contributed by atoms with Crippen molar-refractivity contribution in [2.75, 3.05) is 0 Å². The Morgan fingerprint density at radius 2 is 1.79 bits per heavy atom. The average molecular weight is 252 g/mol. The molecule has 0 spiro atoms. The van der Waals surface area contributed by atoms with Gasteiger partial charge in [0.2, 0.25) is 0 Å². The average Bonchev–Trinajstić information content (AvgIpc) is 2.17. The highest BCUT2D eigenvalue weighted by Gasteiger charge is 2.29. The van der Waals surface area contributed by atoms with Gasteiger partial charge >= 0.3 is 0 Å². The molecule has 0 heterocycles. The first-order chi connectivity index (χ1) is 6.50. The molecule has 0 saturated heterocycles. The van der Waals surface area contributed by atoms with Gasteiger partial charge in [-0.3, -0.25) is 0 Å². The van der Waals surface area contributed by atoms with Crippen molar-refractivity contribution in [3.8, 4) is 6.07 Å². The van der Waals surface area contributed by atoms with Crippen LogP contribution in [0.5, 0.6) is 0 Å². The van der Waals surface area contributed by atoms with E-state index in [-0.39, 0.29) is 5.41 Å². The molecule has 0 aliphatic heterocycles. The van der Waals surface area contributed by atoms with Gasteiger partial charge in [-0.15, -0.1) is 0 Å². The van der Waals surface area contributed by atoms with Gasteiger partial charge in [0.05, 0.1) is 11.5 Å². The summed E-state index contributed by atoms with van der Waals surface area (Å²) in [5, 5.41) is 9.22. The molecular formula is C12H14BrN. The number of halogens is 1. The highest BCUT2D eigenvalue weighted by atomic mass is 79.9. The first kappa shape index (κ1) is 11.3. The van der Waals surface area contributed by atoms with Crippen molar-refractivity contribution in [3.63, 3.8) is 0 Å². The molecule has 0 amide bonds. The van der Waals surface area contributed by atoms with Gasteiger partial charge in [-0.2, -0.15) is 5.26 Å². The number of rotatable bonds is 2. The van der Waals surface area contributed by atoms with Gasteiger partial charge in [0.1, 0.15) is 0 Å². The van der Waals surface area contributed by atoms with Crippen LogP contribution in [0.25, 0.3) is 0 Å². The summed E-state index contributed by atoms with van der Waals surface area (Å²) in [6.45, 7) is 6.14. The molecule has 0 radical (unpaired) electrons. The Kier molecular flexibility index (Phi) is 3.34. The number of nitrogens with zero attached hydrogens (tertiary/aromatic N) is 1. The Bertz CT molecular complexity index is 348. The van der Waals surface area contributed by atoms with Crippen LogP contribution < -0.4 is 0 Å². The summed E-state index contributed by atoms with van der Waals surface area (Å²) in [4.78, 5) is 0. The van der Waals surface area contributed by atoms with Gasteiger partial charge < -0.3 is 0 Å². The van der Waals surface area contributed by atoms with E-state index >= 15 is 0 Å². The molecule has 1 atom stereocenters. The molecule has 1 rings (SSSR count). The third kappa shape index (κ3) is 1.99. The molecule has 1 aromatic rings. The number of nitriles is 1. The van der Waals surface area contributed by atoms with Crippen molar-refractivity contribution in [2.45, 2.75) is 26.2 Å². The Hall–Kier alpha value is -0.810. The standard InChI is InChI=1S/C12H14BrN/c1-9(2)12(3,8-14)10-4-6-11(13)7-5-10/h4-7,9H,1-3H3. The molecule has 2 heteroatoms. The molecule has 1 aromatic carbocycles. The van der Waals surface area contributed by atoms with Crippen molar-refractivity contribution in [1.29, 1.82) is 5.26 Å². The summed E-state index contributed by atoms with van der Waals surface area (Å²) >= 11 is 3.39. The van der Waals surface area contributed by atoms with E-state index in [4.69, 9.17) is 0 Å². The number of hydrogen-bond donors (Lipinski definition) is 0. The molecule has 0 aromatic heterocycles. The molecule has 1 nitrogen and oxygen atoms in total. The van der Waals surface area contributed by atoms with Crippen LogP contribution in [0.1, 0.15) is 26.3 Å². The smallest absolute Gasteiger partial charge is 0.0817 e. The van der Waals surface area contributed by atoms with Gasteiger partial charge in [0.25, 0.3) is 0 Å². The topological polar surface area (TPSA) is 23.8 Å². The summed E-state index contributed by atoms with van der Waals surface area (Å²) in [6.07, 6.45) is 0. The fourth-order valence-corrected chi connectivity index (χ4v) is 1.59. The van der Waals surface area contributed by atoms with Crippen molar-refractivity contribution in [3.05, 3.63) is 34.3 Å². The van der Waals surface area contributed by atoms with Crippen molar-refractivity contribution < 1.29 is 0 Å². The van der Waals surface area contributed by atoms with Gasteiger partial charge in [-0.1, -0.05) is 41.9 Å². The highest BCUT2D eigenvalue weighted by molar-refractivity contribution is 9.10. The molecule has 0 N–H and O–H groups in total. The van der Waals surface area contributed by atoms with Crippen LogP contribution in [0.2, 0.25) is 0 Å². The fraction of sp³-hybridized carbons (Fsp3) is 0.417. The highest BCUT2D eigenvalue weighted by Crippen LogP contribution is 2.31. The Balaban J connectivity index is 3.15. The maximum absolute atomic E-state index is 9.22. The maximum atomic E-state index is 9.22. The largest absolute Gasteiger partial charge is 0.197 e. The first-order valence-electron chi connectivity index (χ1n) is 4.68. The van der Waals surface area contributed by atoms with Crippen LogP contribution >= 0.6 is 15.9 Å². The molecule has 0 aliphatic rings. The molecule has 0 aliphatic carbocycles. The first-order valence-corrected chi connectivity index (χ1v) is 5.47. The van der Waals surface area contributed by atoms with E-state index in [2.05, 4.69) is 35.8 Å². The quantitative estimate of drug-likeness (QED) is 0.783. The van der Waals surface area contributed by atoms with Crippen LogP contribution in [0.4, 0.5) is 0 Å². The molecule has 0 bridgehead atoms. The zero-order valence-corrected chi connectivity index (χ0v) is 10.3. The van der Waals surface area contributed by atoms with Crippen LogP contribution in [-0.2, 0) is 5.41 Å². The molecule has 74 valence electrons. The Morgan fingerprint density at radius 3 is 2.14 bits per heavy atom. The number of hydrogen-bond acceptors (Lipinski definition) is 1. The van der Waals surface area contributed by atoms with Crippen molar-refractivity contribution >= 4 is 15.9 Å². The summed E-state index contributed by atoms with van der Waals surface area (Å²) in [5.74, 6) is 0.314. The predicted molar refractivity (Wildman–Crippen MR) is 61.9 cm³/mol. The Labute approximate surface area is 93.9 Å². The van der Waals surface area contributed by atoms with E-state index in [1.54, 1.807) is 0 Å². The Morgan fingerprint density at radius 1 is 1.29 bits per heavy atom. The minimum atomic E-state index is -0.388. The number of benzene rings is 1. The molecule has 0 fully saturated rings. The van der Waals surface area contributed by atoms with E-state index in [1.165, 1.54) is 0 Å². The molecule has 14 heavy (non-hydrogen) atoms. The zero-order valence-electron chi connectivity index (χ0n) is 8.71. The lowest BCUT2D eigenvalue weighted by Gasteiger charge is -2.26. The lowest BCUT2D eigenvalue weighted by atomic mass is 9.75. The normalized spacial score (nSPS) is 14.9. The third-order valence-corrected chi connectivity index (χ3v) is 3.36. The lowest BCUT2D eigenvalue weighted by molar-refractivity contribution is 0.431. The van der Waals surface area contributed by atoms with Crippen LogP contribution in [0.3, 0.4) is 0 Å². The van der Waals surface area contributed by atoms with Gasteiger partial charge in [0, 0.05) is 4.47 Å². The predicted octanol–water partition coefficient (Wildman–Crippen LogP) is 3.89. The fourth-order valence-electron chi connectivity index (χ4n) is 1.32. The molecule has 0 saturated carbocycles. The van der Waals surface area contributed by atoms with E-state index in [9.17, 15) is 5.26 Å². The third-order valence-electron chi connectivity index (χ3n) is 2.83. The van der Waals surface area contributed by atoms with Crippen molar-refractivity contribution in [1.82, 2.24) is 0 Å². The van der Waals surface area contributed by atoms with Gasteiger partial charge in [-0.25, -0.2) is 0 Å². The van der Waals surface area contributed by atoms with Crippen LogP contribution in [-0.4, -0.2) is 0 Å². The molecule has 1 unspecified atom stereocenters. The van der Waals surface area contributed by atoms with Gasteiger partial charge in [-0.05, 0) is 30.5 Å². The van der Waals surface area contributed by atoms with E-state index in [1.807, 2.05) is 31.2 Å². The second-order valence-electron chi connectivity index (χ2n) is 3.98. The minimum absolute atomic E-state index is 0.314. The summed E-state index contributed by atoms with van der Waals surface area (Å²) in [7, 11) is 0. The van der Waals surface area contributed by atoms with E-state index in [0.29, 0.717) is 5.92 Å². The second-order valence-corrected chi connectivity index (χ2v) is 4.89. The summed E-state index contributed by atoms with van der Waals surface area (Å²) in [6, 6.07) is 10.4. The van der Waals surface area contributed by atoms with E-state index in [0.717, 1.165) is 10.0 Å². The van der Waals surface area contributed by atoms with Crippen LogP contribution in [0, 0.1) is 17.2 Å². The van der Waals surface area contributed by atoms with E-state index < -0.39 is 0 Å². The minimum Gasteiger partial charge on any atom is -0.197 e. The maximum Gasteiger partial charge on any atom is 0.0817 e. The summed E-state index contributed by atoms with van der Waals surface area (Å²) < 4.78 is 1.05. The van der Waals surface area contributed by atoms with Crippen molar-refractivity contribution in [2.24, 2.45) is 5.92 Å². The lowest BCUT2D eigenvalue weighted by Crippen LogP contribution is -2.26. The summed E-state index contributed by atoms with van der Waals surface area (Å²) in [5.41, 5.74) is 0.693. The monoisotopic (exact) mass is 251 g/mol. The van der Waals surface area contributed by atoms with Crippen LogP contribution in [0.15, 0.2) is 28.7 Å². The molecular weight excluding hydrogens is 238 g/mol. The SMILES string of the molecule is CC(C)C(C)(C#N)c1ccc(Br)cc1. The van der Waals surface area contributed by atoms with Gasteiger partial charge in [0.15, 0.2) is 0 Å². The zero-order chi connectivity index (χ0) is 10.8.